The van der Waals surface area contributed by atoms with Crippen LogP contribution in [0.25, 0.3) is 21.5 Å². The third kappa shape index (κ3) is 3.78. The van der Waals surface area contributed by atoms with Crippen LogP contribution in [0, 0.1) is 6.92 Å². The molecule has 2 heterocycles. The largest absolute Gasteiger partial charge is 0.497 e. The van der Waals surface area contributed by atoms with E-state index in [-0.39, 0.29) is 0 Å². The van der Waals surface area contributed by atoms with Crippen molar-refractivity contribution in [2.75, 3.05) is 28.3 Å². The summed E-state index contributed by atoms with van der Waals surface area (Å²) in [5, 5.41) is 0.871. The lowest BCUT2D eigenvalue weighted by atomic mass is 10.1. The second kappa shape index (κ2) is 7.75. The number of methoxy groups -OCH3 is 2. The van der Waals surface area contributed by atoms with Gasteiger partial charge in [0.25, 0.3) is 0 Å². The summed E-state index contributed by atoms with van der Waals surface area (Å²) in [7, 11) is 6.76. The SMILES string of the molecule is COC(=O)c1sc2nc(-c3ccc(OC)cc3)cc(C)c2c1N=CN(C)C. The van der Waals surface area contributed by atoms with Crippen molar-refractivity contribution in [3.05, 3.63) is 40.8 Å². The summed E-state index contributed by atoms with van der Waals surface area (Å²) < 4.78 is 10.1. The number of pyridine rings is 1. The standard InChI is InChI=1S/C20H21N3O3S/c1-12-10-15(13-6-8-14(25-4)9-7-13)22-19-16(12)17(21-11-23(2)3)18(27-19)20(24)26-5/h6-11H,1-5H3. The quantitative estimate of drug-likeness (QED) is 0.374. The highest BCUT2D eigenvalue weighted by Crippen LogP contribution is 2.40. The Hall–Kier alpha value is -2.93. The molecule has 27 heavy (non-hydrogen) atoms. The van der Waals surface area contributed by atoms with Gasteiger partial charge in [0.15, 0.2) is 0 Å². The average molecular weight is 383 g/mol. The Kier molecular flexibility index (Phi) is 5.41. The molecule has 0 saturated carbocycles. The van der Waals surface area contributed by atoms with Gasteiger partial charge >= 0.3 is 5.97 Å². The molecule has 0 fully saturated rings. The van der Waals surface area contributed by atoms with E-state index in [1.165, 1.54) is 18.4 Å². The number of ether oxygens (including phenoxy) is 2. The molecule has 0 spiro atoms. The Morgan fingerprint density at radius 3 is 2.52 bits per heavy atom. The maximum Gasteiger partial charge on any atom is 0.350 e. The van der Waals surface area contributed by atoms with Gasteiger partial charge in [-0.3, -0.25) is 0 Å². The van der Waals surface area contributed by atoms with E-state index in [1.807, 2.05) is 56.3 Å². The molecular weight excluding hydrogens is 362 g/mol. The van der Waals surface area contributed by atoms with Crippen molar-refractivity contribution < 1.29 is 14.3 Å². The number of carbonyl (C=O) groups is 1. The van der Waals surface area contributed by atoms with Crippen LogP contribution in [0.5, 0.6) is 5.75 Å². The van der Waals surface area contributed by atoms with E-state index in [9.17, 15) is 4.79 Å². The molecule has 0 amide bonds. The first-order valence-corrected chi connectivity index (χ1v) is 9.13. The Morgan fingerprint density at radius 2 is 1.93 bits per heavy atom. The third-order valence-electron chi connectivity index (χ3n) is 4.01. The number of benzene rings is 1. The van der Waals surface area contributed by atoms with Crippen LogP contribution in [0.3, 0.4) is 0 Å². The topological polar surface area (TPSA) is 64.0 Å². The molecule has 3 aromatic rings. The predicted octanol–water partition coefficient (Wildman–Crippen LogP) is 4.29. The fourth-order valence-electron chi connectivity index (χ4n) is 2.70. The molecule has 0 bridgehead atoms. The Balaban J connectivity index is 2.18. The molecule has 0 radical (unpaired) electrons. The van der Waals surface area contributed by atoms with Crippen LogP contribution in [0.15, 0.2) is 35.3 Å². The second-order valence-electron chi connectivity index (χ2n) is 6.21. The van der Waals surface area contributed by atoms with Crippen molar-refractivity contribution >= 4 is 39.5 Å². The first kappa shape index (κ1) is 18.8. The van der Waals surface area contributed by atoms with Gasteiger partial charge in [-0.1, -0.05) is 0 Å². The predicted molar refractivity (Wildman–Crippen MR) is 110 cm³/mol. The number of aliphatic imine (C=N–C) groups is 1. The van der Waals surface area contributed by atoms with Crippen LogP contribution in [-0.2, 0) is 4.74 Å². The molecule has 0 aliphatic rings. The number of fused-ring (bicyclic) bond motifs is 1. The molecular formula is C20H21N3O3S. The van der Waals surface area contributed by atoms with Crippen molar-refractivity contribution in [1.82, 2.24) is 9.88 Å². The zero-order valence-electron chi connectivity index (χ0n) is 15.9. The number of esters is 1. The number of rotatable bonds is 5. The molecule has 0 aliphatic carbocycles. The highest BCUT2D eigenvalue weighted by atomic mass is 32.1. The van der Waals surface area contributed by atoms with Gasteiger partial charge in [0.05, 0.1) is 31.9 Å². The van der Waals surface area contributed by atoms with Gasteiger partial charge in [0.1, 0.15) is 15.5 Å². The Morgan fingerprint density at radius 1 is 1.22 bits per heavy atom. The molecule has 7 heteroatoms. The highest BCUT2D eigenvalue weighted by molar-refractivity contribution is 7.21. The monoisotopic (exact) mass is 383 g/mol. The zero-order valence-corrected chi connectivity index (χ0v) is 16.8. The van der Waals surface area contributed by atoms with Gasteiger partial charge in [0, 0.05) is 25.0 Å². The molecule has 0 unspecified atom stereocenters. The average Bonchev–Trinajstić information content (AvgIpc) is 3.04. The Labute approximate surface area is 162 Å². The summed E-state index contributed by atoms with van der Waals surface area (Å²) >= 11 is 1.30. The third-order valence-corrected chi connectivity index (χ3v) is 5.06. The molecule has 140 valence electrons. The van der Waals surface area contributed by atoms with E-state index >= 15 is 0 Å². The van der Waals surface area contributed by atoms with Gasteiger partial charge in [0.2, 0.25) is 0 Å². The number of nitrogens with zero attached hydrogens (tertiary/aromatic N) is 3. The summed E-state index contributed by atoms with van der Waals surface area (Å²) in [4.78, 5) is 24.5. The fourth-order valence-corrected chi connectivity index (χ4v) is 3.82. The van der Waals surface area contributed by atoms with Crippen LogP contribution in [-0.4, -0.2) is 50.5 Å². The number of aromatic nitrogens is 1. The lowest BCUT2D eigenvalue weighted by Crippen LogP contribution is -2.07. The van der Waals surface area contributed by atoms with E-state index in [2.05, 4.69) is 4.99 Å². The summed E-state index contributed by atoms with van der Waals surface area (Å²) in [5.74, 6) is 0.385. The van der Waals surface area contributed by atoms with Gasteiger partial charge in [-0.2, -0.15) is 0 Å². The normalized spacial score (nSPS) is 11.1. The van der Waals surface area contributed by atoms with Crippen molar-refractivity contribution in [2.45, 2.75) is 6.92 Å². The van der Waals surface area contributed by atoms with E-state index in [4.69, 9.17) is 14.5 Å². The van der Waals surface area contributed by atoms with Crippen molar-refractivity contribution in [1.29, 1.82) is 0 Å². The molecule has 2 aromatic heterocycles. The summed E-state index contributed by atoms with van der Waals surface area (Å²) in [6.45, 7) is 2.00. The fraction of sp³-hybridized carbons (Fsp3) is 0.250. The first-order valence-electron chi connectivity index (χ1n) is 8.32. The van der Waals surface area contributed by atoms with E-state index in [0.717, 1.165) is 32.8 Å². The summed E-state index contributed by atoms with van der Waals surface area (Å²) in [5.41, 5.74) is 3.42. The molecule has 0 atom stereocenters. The number of hydrogen-bond donors (Lipinski definition) is 0. The minimum Gasteiger partial charge on any atom is -0.497 e. The smallest absolute Gasteiger partial charge is 0.350 e. The molecule has 1 aromatic carbocycles. The van der Waals surface area contributed by atoms with Gasteiger partial charge in [-0.15, -0.1) is 11.3 Å². The van der Waals surface area contributed by atoms with Crippen LogP contribution < -0.4 is 4.74 Å². The van der Waals surface area contributed by atoms with E-state index in [0.29, 0.717) is 10.6 Å². The minimum atomic E-state index is -0.408. The molecule has 0 saturated heterocycles. The molecule has 3 rings (SSSR count). The van der Waals surface area contributed by atoms with Crippen LogP contribution in [0.1, 0.15) is 15.2 Å². The van der Waals surface area contributed by atoms with Crippen molar-refractivity contribution in [2.24, 2.45) is 4.99 Å². The number of hydrogen-bond acceptors (Lipinski definition) is 6. The number of aryl methyl sites for hydroxylation is 1. The highest BCUT2D eigenvalue weighted by Gasteiger charge is 2.21. The van der Waals surface area contributed by atoms with E-state index in [1.54, 1.807) is 13.4 Å². The lowest BCUT2D eigenvalue weighted by molar-refractivity contribution is 0.0607. The Bertz CT molecular complexity index is 1010. The van der Waals surface area contributed by atoms with Gasteiger partial charge in [-0.05, 0) is 42.8 Å². The maximum atomic E-state index is 12.2. The zero-order chi connectivity index (χ0) is 19.6. The summed E-state index contributed by atoms with van der Waals surface area (Å²) in [6.07, 6.45) is 1.67. The van der Waals surface area contributed by atoms with Gasteiger partial charge in [-0.25, -0.2) is 14.8 Å². The second-order valence-corrected chi connectivity index (χ2v) is 7.21. The van der Waals surface area contributed by atoms with E-state index < -0.39 is 5.97 Å². The van der Waals surface area contributed by atoms with Gasteiger partial charge < -0.3 is 14.4 Å². The first-order chi connectivity index (χ1) is 12.9. The van der Waals surface area contributed by atoms with Crippen LogP contribution >= 0.6 is 11.3 Å². The molecule has 0 aliphatic heterocycles. The minimum absolute atomic E-state index is 0.408. The maximum absolute atomic E-state index is 12.2. The lowest BCUT2D eigenvalue weighted by Gasteiger charge is -2.07. The number of carbonyl (C=O) groups excluding carboxylic acids is 1. The van der Waals surface area contributed by atoms with Crippen LogP contribution in [0.4, 0.5) is 5.69 Å². The summed E-state index contributed by atoms with van der Waals surface area (Å²) in [6, 6.07) is 9.74. The molecule has 6 nitrogen and oxygen atoms in total. The van der Waals surface area contributed by atoms with Crippen molar-refractivity contribution in [3.8, 4) is 17.0 Å². The van der Waals surface area contributed by atoms with Crippen LogP contribution in [0.2, 0.25) is 0 Å². The number of thiophene rings is 1. The molecule has 0 N–H and O–H groups in total. The van der Waals surface area contributed by atoms with Crippen molar-refractivity contribution in [3.63, 3.8) is 0 Å².